The molecule has 0 spiro atoms. The molecule has 0 bridgehead atoms. The minimum atomic E-state index is 0.153. The third-order valence-electron chi connectivity index (χ3n) is 4.96. The Hall–Kier alpha value is -1.54. The number of rotatable bonds is 6. The van der Waals surface area contributed by atoms with Gasteiger partial charge in [0.2, 0.25) is 5.91 Å². The van der Waals surface area contributed by atoms with Gasteiger partial charge in [-0.25, -0.2) is 4.98 Å². The zero-order valence-electron chi connectivity index (χ0n) is 16.3. The van der Waals surface area contributed by atoms with Gasteiger partial charge in [0.1, 0.15) is 4.34 Å². The number of aromatic nitrogens is 1. The van der Waals surface area contributed by atoms with Gasteiger partial charge in [0.05, 0.1) is 12.1 Å². The van der Waals surface area contributed by atoms with Crippen LogP contribution in [0, 0.1) is 0 Å². The summed E-state index contributed by atoms with van der Waals surface area (Å²) in [6.07, 6.45) is 0.371. The van der Waals surface area contributed by atoms with E-state index in [0.717, 1.165) is 57.1 Å². The average Bonchev–Trinajstić information content (AvgIpc) is 3.21. The van der Waals surface area contributed by atoms with Crippen molar-refractivity contribution in [1.82, 2.24) is 9.88 Å². The molecule has 1 aromatic heterocycles. The molecule has 2 heterocycles. The van der Waals surface area contributed by atoms with Crippen LogP contribution in [0.4, 0.5) is 5.69 Å². The van der Waals surface area contributed by atoms with E-state index < -0.39 is 0 Å². The standard InChI is InChI=1S/C22H21BrClN3OS2/c23-17-3-1-16(2-4-17)14-29-22-25-19(15-30-22)13-21(28)27-11-9-26(10-12-27)20-7-5-18(24)6-8-20/h1-8,15H,9-14H2. The predicted octanol–water partition coefficient (Wildman–Crippen LogP) is 5.74. The second kappa shape index (κ2) is 10.2. The van der Waals surface area contributed by atoms with Gasteiger partial charge < -0.3 is 9.80 Å². The van der Waals surface area contributed by atoms with Gasteiger partial charge in [-0.05, 0) is 42.0 Å². The third-order valence-corrected chi connectivity index (χ3v) is 7.88. The molecular weight excluding hydrogens is 502 g/mol. The van der Waals surface area contributed by atoms with Crippen LogP contribution in [0.5, 0.6) is 0 Å². The fourth-order valence-electron chi connectivity index (χ4n) is 3.29. The number of hydrogen-bond donors (Lipinski definition) is 0. The van der Waals surface area contributed by atoms with Gasteiger partial charge in [-0.1, -0.05) is 51.4 Å². The summed E-state index contributed by atoms with van der Waals surface area (Å²) in [7, 11) is 0. The van der Waals surface area contributed by atoms with E-state index in [1.165, 1.54) is 5.56 Å². The van der Waals surface area contributed by atoms with Crippen molar-refractivity contribution in [3.05, 3.63) is 74.7 Å². The van der Waals surface area contributed by atoms with E-state index in [4.69, 9.17) is 11.6 Å². The van der Waals surface area contributed by atoms with Crippen molar-refractivity contribution in [2.75, 3.05) is 31.1 Å². The number of thiazole rings is 1. The number of thioether (sulfide) groups is 1. The minimum absolute atomic E-state index is 0.153. The first-order valence-corrected chi connectivity index (χ1v) is 12.7. The van der Waals surface area contributed by atoms with Crippen LogP contribution in [0.2, 0.25) is 5.02 Å². The van der Waals surface area contributed by atoms with Crippen LogP contribution in [0.1, 0.15) is 11.3 Å². The first-order valence-electron chi connectivity index (χ1n) is 9.67. The van der Waals surface area contributed by atoms with Crippen molar-refractivity contribution in [3.8, 4) is 0 Å². The van der Waals surface area contributed by atoms with Crippen molar-refractivity contribution < 1.29 is 4.79 Å². The van der Waals surface area contributed by atoms with Crippen molar-refractivity contribution in [2.24, 2.45) is 0 Å². The van der Waals surface area contributed by atoms with Crippen LogP contribution < -0.4 is 4.90 Å². The summed E-state index contributed by atoms with van der Waals surface area (Å²) in [4.78, 5) is 21.6. The maximum Gasteiger partial charge on any atom is 0.228 e. The van der Waals surface area contributed by atoms with E-state index in [1.807, 2.05) is 34.5 Å². The second-order valence-corrected chi connectivity index (χ2v) is 10.5. The zero-order chi connectivity index (χ0) is 20.9. The summed E-state index contributed by atoms with van der Waals surface area (Å²) in [5.74, 6) is 1.03. The number of piperazine rings is 1. The molecule has 0 aliphatic carbocycles. The molecule has 4 nitrogen and oxygen atoms in total. The lowest BCUT2D eigenvalue weighted by molar-refractivity contribution is -0.130. The molecule has 0 unspecified atom stereocenters. The lowest BCUT2D eigenvalue weighted by Crippen LogP contribution is -2.49. The van der Waals surface area contributed by atoms with Crippen LogP contribution in [0.15, 0.2) is 62.7 Å². The van der Waals surface area contributed by atoms with Crippen molar-refractivity contribution in [2.45, 2.75) is 16.5 Å². The molecule has 1 aliphatic rings. The van der Waals surface area contributed by atoms with Crippen molar-refractivity contribution in [1.29, 1.82) is 0 Å². The molecule has 1 aliphatic heterocycles. The number of anilines is 1. The Kier molecular flexibility index (Phi) is 7.36. The number of benzene rings is 2. The molecule has 1 amide bonds. The molecule has 1 saturated heterocycles. The highest BCUT2D eigenvalue weighted by Gasteiger charge is 2.22. The van der Waals surface area contributed by atoms with E-state index in [2.05, 4.69) is 50.1 Å². The van der Waals surface area contributed by atoms with Gasteiger partial charge in [-0.15, -0.1) is 11.3 Å². The summed E-state index contributed by atoms with van der Waals surface area (Å²) in [5, 5.41) is 2.75. The molecule has 0 saturated carbocycles. The lowest BCUT2D eigenvalue weighted by atomic mass is 10.2. The molecule has 0 atom stereocenters. The maximum absolute atomic E-state index is 12.7. The predicted molar refractivity (Wildman–Crippen MR) is 130 cm³/mol. The number of carbonyl (C=O) groups is 1. The summed E-state index contributed by atoms with van der Waals surface area (Å²) < 4.78 is 2.09. The Morgan fingerprint density at radius 3 is 2.47 bits per heavy atom. The molecular formula is C22H21BrClN3OS2. The van der Waals surface area contributed by atoms with E-state index in [9.17, 15) is 4.79 Å². The Morgan fingerprint density at radius 1 is 1.07 bits per heavy atom. The highest BCUT2D eigenvalue weighted by Crippen LogP contribution is 2.27. The summed E-state index contributed by atoms with van der Waals surface area (Å²) in [6, 6.07) is 16.2. The Balaban J connectivity index is 1.25. The Bertz CT molecular complexity index is 986. The SMILES string of the molecule is O=C(Cc1csc(SCc2ccc(Br)cc2)n1)N1CCN(c2ccc(Cl)cc2)CC1. The molecule has 156 valence electrons. The van der Waals surface area contributed by atoms with Crippen LogP contribution in [0.25, 0.3) is 0 Å². The van der Waals surface area contributed by atoms with Gasteiger partial charge in [-0.2, -0.15) is 0 Å². The fourth-order valence-corrected chi connectivity index (χ4v) is 5.49. The molecule has 0 radical (unpaired) electrons. The minimum Gasteiger partial charge on any atom is -0.368 e. The maximum atomic E-state index is 12.7. The van der Waals surface area contributed by atoms with E-state index in [-0.39, 0.29) is 5.91 Å². The van der Waals surface area contributed by atoms with Gasteiger partial charge >= 0.3 is 0 Å². The zero-order valence-corrected chi connectivity index (χ0v) is 20.2. The highest BCUT2D eigenvalue weighted by atomic mass is 79.9. The first kappa shape index (κ1) is 21.7. The molecule has 30 heavy (non-hydrogen) atoms. The highest BCUT2D eigenvalue weighted by molar-refractivity contribution is 9.10. The quantitative estimate of drug-likeness (QED) is 0.387. The number of halogens is 2. The number of amides is 1. The summed E-state index contributed by atoms with van der Waals surface area (Å²) >= 11 is 12.8. The largest absolute Gasteiger partial charge is 0.368 e. The van der Waals surface area contributed by atoms with Crippen LogP contribution in [0.3, 0.4) is 0 Å². The lowest BCUT2D eigenvalue weighted by Gasteiger charge is -2.36. The summed E-state index contributed by atoms with van der Waals surface area (Å²) in [6.45, 7) is 3.13. The molecule has 8 heteroatoms. The van der Waals surface area contributed by atoms with Crippen LogP contribution in [-0.2, 0) is 17.0 Å². The number of hydrogen-bond acceptors (Lipinski definition) is 5. The normalized spacial score (nSPS) is 14.2. The van der Waals surface area contributed by atoms with Gasteiger partial charge in [0.25, 0.3) is 0 Å². The van der Waals surface area contributed by atoms with E-state index >= 15 is 0 Å². The number of nitrogens with zero attached hydrogens (tertiary/aromatic N) is 3. The van der Waals surface area contributed by atoms with Crippen molar-refractivity contribution >= 4 is 62.2 Å². The monoisotopic (exact) mass is 521 g/mol. The smallest absolute Gasteiger partial charge is 0.228 e. The molecule has 4 rings (SSSR count). The van der Waals surface area contributed by atoms with Gasteiger partial charge in [0, 0.05) is 52.5 Å². The molecule has 2 aromatic carbocycles. The average molecular weight is 523 g/mol. The topological polar surface area (TPSA) is 36.4 Å². The number of carbonyl (C=O) groups excluding carboxylic acids is 1. The Morgan fingerprint density at radius 2 is 1.77 bits per heavy atom. The van der Waals surface area contributed by atoms with E-state index in [0.29, 0.717) is 6.42 Å². The summed E-state index contributed by atoms with van der Waals surface area (Å²) in [5.41, 5.74) is 3.27. The van der Waals surface area contributed by atoms with Crippen LogP contribution >= 0.6 is 50.6 Å². The van der Waals surface area contributed by atoms with E-state index in [1.54, 1.807) is 23.1 Å². The van der Waals surface area contributed by atoms with Gasteiger partial charge in [0.15, 0.2) is 0 Å². The molecule has 3 aromatic rings. The first-order chi connectivity index (χ1) is 14.6. The second-order valence-electron chi connectivity index (χ2n) is 7.04. The third kappa shape index (κ3) is 5.78. The van der Waals surface area contributed by atoms with Crippen molar-refractivity contribution in [3.63, 3.8) is 0 Å². The molecule has 0 N–H and O–H groups in total. The Labute approximate surface area is 198 Å². The van der Waals surface area contributed by atoms with Crippen LogP contribution in [-0.4, -0.2) is 42.0 Å². The van der Waals surface area contributed by atoms with Gasteiger partial charge in [-0.3, -0.25) is 4.79 Å². The molecule has 1 fully saturated rings. The fraction of sp³-hybridized carbons (Fsp3) is 0.273.